The SMILES string of the molecule is CN1CCc2c(-c3ccc(S(=O)(=O)N(C)C)cc3)ccc(NC(=O)CN=O)c2C1. The molecule has 2 aromatic rings. The lowest BCUT2D eigenvalue weighted by Crippen LogP contribution is -2.28. The molecule has 0 bridgehead atoms. The second-order valence-electron chi connectivity index (χ2n) is 7.25. The zero-order valence-electron chi connectivity index (χ0n) is 16.7. The van der Waals surface area contributed by atoms with Crippen molar-refractivity contribution >= 4 is 21.6 Å². The van der Waals surface area contributed by atoms with Gasteiger partial charge in [-0.3, -0.25) is 4.79 Å². The first-order valence-electron chi connectivity index (χ1n) is 9.19. The van der Waals surface area contributed by atoms with Gasteiger partial charge in [0.05, 0.1) is 4.90 Å². The van der Waals surface area contributed by atoms with E-state index in [0.29, 0.717) is 12.2 Å². The summed E-state index contributed by atoms with van der Waals surface area (Å²) in [6, 6.07) is 10.6. The minimum Gasteiger partial charge on any atom is -0.324 e. The Hall–Kier alpha value is -2.62. The normalized spacial score (nSPS) is 14.5. The van der Waals surface area contributed by atoms with Crippen LogP contribution in [0.4, 0.5) is 5.69 Å². The first-order valence-corrected chi connectivity index (χ1v) is 10.6. The summed E-state index contributed by atoms with van der Waals surface area (Å²) in [5.74, 6) is -0.443. The smallest absolute Gasteiger partial charge is 0.249 e. The van der Waals surface area contributed by atoms with Gasteiger partial charge in [0, 0.05) is 32.9 Å². The Kier molecular flexibility index (Phi) is 6.11. The van der Waals surface area contributed by atoms with Crippen LogP contribution in [0.3, 0.4) is 0 Å². The van der Waals surface area contributed by atoms with Crippen LogP contribution in [0.1, 0.15) is 11.1 Å². The van der Waals surface area contributed by atoms with Gasteiger partial charge >= 0.3 is 0 Å². The Morgan fingerprint density at radius 1 is 1.14 bits per heavy atom. The first kappa shape index (κ1) is 21.1. The zero-order chi connectivity index (χ0) is 21.2. The third-order valence-electron chi connectivity index (χ3n) is 5.03. The molecule has 0 radical (unpaired) electrons. The van der Waals surface area contributed by atoms with Gasteiger partial charge in [0.2, 0.25) is 15.9 Å². The molecule has 9 heteroatoms. The highest BCUT2D eigenvalue weighted by Crippen LogP contribution is 2.35. The van der Waals surface area contributed by atoms with E-state index in [9.17, 15) is 18.1 Å². The molecule has 2 aromatic carbocycles. The summed E-state index contributed by atoms with van der Waals surface area (Å²) in [5, 5.41) is 5.41. The van der Waals surface area contributed by atoms with Crippen molar-refractivity contribution in [2.75, 3.05) is 39.5 Å². The number of rotatable bonds is 6. The van der Waals surface area contributed by atoms with Gasteiger partial charge in [-0.15, -0.1) is 0 Å². The van der Waals surface area contributed by atoms with Gasteiger partial charge < -0.3 is 10.2 Å². The molecule has 0 aliphatic carbocycles. The number of likely N-dealkylation sites (N-methyl/N-ethyl adjacent to an activating group) is 1. The number of hydrogen-bond acceptors (Lipinski definition) is 6. The molecule has 1 amide bonds. The van der Waals surface area contributed by atoms with E-state index in [2.05, 4.69) is 15.4 Å². The van der Waals surface area contributed by atoms with E-state index in [-0.39, 0.29) is 4.90 Å². The van der Waals surface area contributed by atoms with Gasteiger partial charge in [-0.2, -0.15) is 4.91 Å². The summed E-state index contributed by atoms with van der Waals surface area (Å²) < 4.78 is 25.8. The molecule has 1 aliphatic heterocycles. The fourth-order valence-electron chi connectivity index (χ4n) is 3.46. The molecule has 0 saturated heterocycles. The molecule has 0 fully saturated rings. The van der Waals surface area contributed by atoms with Crippen LogP contribution >= 0.6 is 0 Å². The third kappa shape index (κ3) is 4.36. The number of nitrogens with zero attached hydrogens (tertiary/aromatic N) is 3. The van der Waals surface area contributed by atoms with Gasteiger partial charge in [0.25, 0.3) is 0 Å². The number of benzene rings is 2. The second kappa shape index (κ2) is 8.40. The van der Waals surface area contributed by atoms with Crippen molar-refractivity contribution in [2.45, 2.75) is 17.9 Å². The standard InChI is InChI=1S/C20H24N4O4S/c1-23(2)29(27,28)15-6-4-14(5-7-15)16-8-9-19(22-20(25)12-21-26)18-13-24(3)11-10-17(16)18/h4-9H,10-13H2,1-3H3,(H,22,25). The first-order chi connectivity index (χ1) is 13.7. The molecule has 0 unspecified atom stereocenters. The van der Waals surface area contributed by atoms with Gasteiger partial charge in [-0.25, -0.2) is 12.7 Å². The number of hydrogen-bond donors (Lipinski definition) is 1. The van der Waals surface area contributed by atoms with Crippen molar-refractivity contribution < 1.29 is 13.2 Å². The Balaban J connectivity index is 2.01. The lowest BCUT2D eigenvalue weighted by molar-refractivity contribution is -0.114. The molecule has 8 nitrogen and oxygen atoms in total. The van der Waals surface area contributed by atoms with Gasteiger partial charge in [-0.1, -0.05) is 23.4 Å². The maximum absolute atomic E-state index is 12.3. The number of anilines is 1. The Labute approximate surface area is 170 Å². The van der Waals surface area contributed by atoms with Crippen molar-refractivity contribution in [1.29, 1.82) is 0 Å². The minimum atomic E-state index is -3.48. The van der Waals surface area contributed by atoms with E-state index >= 15 is 0 Å². The molecule has 0 saturated carbocycles. The van der Waals surface area contributed by atoms with Crippen LogP contribution in [-0.2, 0) is 27.8 Å². The average molecular weight is 417 g/mol. The largest absolute Gasteiger partial charge is 0.324 e. The average Bonchev–Trinajstić information content (AvgIpc) is 2.68. The van der Waals surface area contributed by atoms with E-state index in [0.717, 1.165) is 35.2 Å². The lowest BCUT2D eigenvalue weighted by atomic mass is 9.89. The predicted molar refractivity (Wildman–Crippen MR) is 112 cm³/mol. The molecule has 1 heterocycles. The summed E-state index contributed by atoms with van der Waals surface area (Å²) in [7, 11) is 1.53. The molecule has 29 heavy (non-hydrogen) atoms. The van der Waals surface area contributed by atoms with Crippen molar-refractivity contribution in [2.24, 2.45) is 5.18 Å². The predicted octanol–water partition coefficient (Wildman–Crippen LogP) is 2.30. The van der Waals surface area contributed by atoms with Crippen molar-refractivity contribution in [1.82, 2.24) is 9.21 Å². The van der Waals surface area contributed by atoms with Gasteiger partial charge in [0.15, 0.2) is 6.54 Å². The van der Waals surface area contributed by atoms with Crippen LogP contribution in [0.5, 0.6) is 0 Å². The van der Waals surface area contributed by atoms with Crippen LogP contribution < -0.4 is 5.32 Å². The van der Waals surface area contributed by atoms with E-state index in [1.165, 1.54) is 18.4 Å². The van der Waals surface area contributed by atoms with Crippen molar-refractivity contribution in [3.8, 4) is 11.1 Å². The van der Waals surface area contributed by atoms with Crippen LogP contribution in [0.25, 0.3) is 11.1 Å². The summed E-state index contributed by atoms with van der Waals surface area (Å²) in [6.45, 7) is 1.12. The molecule has 0 aromatic heterocycles. The number of sulfonamides is 1. The lowest BCUT2D eigenvalue weighted by Gasteiger charge is -2.29. The maximum atomic E-state index is 12.3. The highest BCUT2D eigenvalue weighted by atomic mass is 32.2. The quantitative estimate of drug-likeness (QED) is 0.729. The van der Waals surface area contributed by atoms with Crippen LogP contribution in [0.2, 0.25) is 0 Å². The number of nitrogens with one attached hydrogen (secondary N) is 1. The highest BCUT2D eigenvalue weighted by molar-refractivity contribution is 7.89. The fourth-order valence-corrected chi connectivity index (χ4v) is 4.37. The molecule has 1 aliphatic rings. The number of nitroso groups, excluding NO2 is 1. The Bertz CT molecular complexity index is 1030. The number of carbonyl (C=O) groups is 1. The summed E-state index contributed by atoms with van der Waals surface area (Å²) in [5.41, 5.74) is 4.71. The van der Waals surface area contributed by atoms with E-state index in [4.69, 9.17) is 0 Å². The summed E-state index contributed by atoms with van der Waals surface area (Å²) in [6.07, 6.45) is 0.800. The fraction of sp³-hybridized carbons (Fsp3) is 0.350. The number of fused-ring (bicyclic) bond motifs is 1. The Morgan fingerprint density at radius 2 is 1.83 bits per heavy atom. The van der Waals surface area contributed by atoms with E-state index in [1.54, 1.807) is 24.3 Å². The molecular formula is C20H24N4O4S. The summed E-state index contributed by atoms with van der Waals surface area (Å²) in [4.78, 5) is 24.6. The minimum absolute atomic E-state index is 0.241. The van der Waals surface area contributed by atoms with Gasteiger partial charge in [0.1, 0.15) is 0 Å². The molecule has 3 rings (SSSR count). The molecular weight excluding hydrogens is 392 g/mol. The van der Waals surface area contributed by atoms with Crippen molar-refractivity contribution in [3.05, 3.63) is 52.4 Å². The highest BCUT2D eigenvalue weighted by Gasteiger charge is 2.22. The molecule has 0 atom stereocenters. The molecule has 1 N–H and O–H groups in total. The number of amides is 1. The topological polar surface area (TPSA) is 99.2 Å². The van der Waals surface area contributed by atoms with Crippen LogP contribution in [-0.4, -0.2) is 57.8 Å². The van der Waals surface area contributed by atoms with Crippen LogP contribution in [0, 0.1) is 4.91 Å². The second-order valence-corrected chi connectivity index (χ2v) is 9.40. The van der Waals surface area contributed by atoms with Crippen molar-refractivity contribution in [3.63, 3.8) is 0 Å². The molecule has 154 valence electrons. The maximum Gasteiger partial charge on any atom is 0.249 e. The molecule has 0 spiro atoms. The summed E-state index contributed by atoms with van der Waals surface area (Å²) >= 11 is 0. The Morgan fingerprint density at radius 3 is 2.45 bits per heavy atom. The van der Waals surface area contributed by atoms with E-state index < -0.39 is 22.5 Å². The monoisotopic (exact) mass is 416 g/mol. The third-order valence-corrected chi connectivity index (χ3v) is 6.86. The zero-order valence-corrected chi connectivity index (χ0v) is 17.5. The number of carbonyl (C=O) groups excluding carboxylic acids is 1. The van der Waals surface area contributed by atoms with Gasteiger partial charge in [-0.05, 0) is 53.9 Å². The van der Waals surface area contributed by atoms with E-state index in [1.807, 2.05) is 19.2 Å². The van der Waals surface area contributed by atoms with Crippen LogP contribution in [0.15, 0.2) is 46.5 Å².